The molecule has 0 bridgehead atoms. The molecule has 0 aromatic rings. The van der Waals surface area contributed by atoms with Crippen LogP contribution >= 0.6 is 0 Å². The second kappa shape index (κ2) is 9.00. The summed E-state index contributed by atoms with van der Waals surface area (Å²) in [6.45, 7) is 6.86. The fourth-order valence-electron chi connectivity index (χ4n) is 1.29. The summed E-state index contributed by atoms with van der Waals surface area (Å²) >= 11 is 0. The van der Waals surface area contributed by atoms with Crippen LogP contribution in [-0.4, -0.2) is 37.5 Å². The van der Waals surface area contributed by atoms with E-state index in [1.807, 2.05) is 11.9 Å². The first-order chi connectivity index (χ1) is 6.72. The largest absolute Gasteiger partial charge is 0.346 e. The summed E-state index contributed by atoms with van der Waals surface area (Å²) in [5.74, 6) is 0.252. The smallest absolute Gasteiger partial charge is 0.223 e. The van der Waals surface area contributed by atoms with Crippen LogP contribution in [0.1, 0.15) is 39.5 Å². The van der Waals surface area contributed by atoms with E-state index in [2.05, 4.69) is 19.2 Å². The lowest BCUT2D eigenvalue weighted by molar-refractivity contribution is -0.129. The number of hydrogen-bond donors (Lipinski definition) is 1. The van der Waals surface area contributed by atoms with Gasteiger partial charge in [0.2, 0.25) is 5.91 Å². The number of rotatable bonds is 8. The predicted octanol–water partition coefficient (Wildman–Crippen LogP) is 1.63. The molecule has 84 valence electrons. The molecular formula is C11H24N2O. The van der Waals surface area contributed by atoms with Gasteiger partial charge in [-0.05, 0) is 13.0 Å². The molecule has 0 aliphatic heterocycles. The van der Waals surface area contributed by atoms with E-state index in [4.69, 9.17) is 0 Å². The Kier molecular flexibility index (Phi) is 8.64. The quantitative estimate of drug-likeness (QED) is 0.604. The van der Waals surface area contributed by atoms with Crippen LogP contribution in [0.15, 0.2) is 0 Å². The average Bonchev–Trinajstić information content (AvgIpc) is 2.18. The van der Waals surface area contributed by atoms with Crippen molar-refractivity contribution in [1.82, 2.24) is 10.2 Å². The molecule has 1 N–H and O–H groups in total. The third-order valence-electron chi connectivity index (χ3n) is 2.29. The Morgan fingerprint density at radius 1 is 1.29 bits per heavy atom. The molecule has 1 amide bonds. The lowest BCUT2D eigenvalue weighted by atomic mass is 10.2. The zero-order valence-electron chi connectivity index (χ0n) is 9.81. The lowest BCUT2D eigenvalue weighted by Crippen LogP contribution is -2.30. The van der Waals surface area contributed by atoms with Crippen LogP contribution in [0.4, 0.5) is 0 Å². The van der Waals surface area contributed by atoms with Crippen molar-refractivity contribution < 1.29 is 4.79 Å². The van der Waals surface area contributed by atoms with E-state index >= 15 is 0 Å². The molecule has 0 saturated heterocycles. The van der Waals surface area contributed by atoms with Crippen LogP contribution in [-0.2, 0) is 4.79 Å². The first-order valence-corrected chi connectivity index (χ1v) is 5.67. The van der Waals surface area contributed by atoms with Gasteiger partial charge in [-0.15, -0.1) is 0 Å². The first kappa shape index (κ1) is 13.4. The fourth-order valence-corrected chi connectivity index (χ4v) is 1.29. The van der Waals surface area contributed by atoms with Crippen molar-refractivity contribution in [2.75, 3.05) is 26.7 Å². The van der Waals surface area contributed by atoms with Gasteiger partial charge in [-0.1, -0.05) is 26.7 Å². The Balaban J connectivity index is 3.44. The highest BCUT2D eigenvalue weighted by Crippen LogP contribution is 1.97. The average molecular weight is 200 g/mol. The predicted molar refractivity (Wildman–Crippen MR) is 60.3 cm³/mol. The van der Waals surface area contributed by atoms with Gasteiger partial charge in [-0.2, -0.15) is 0 Å². The first-order valence-electron chi connectivity index (χ1n) is 5.67. The molecule has 3 heteroatoms. The maximum atomic E-state index is 11.5. The standard InChI is InChI=1S/C11H24N2O/c1-4-6-7-10-13(3)11(14)8-9-12-5-2/h12H,4-10H2,1-3H3. The number of nitrogens with zero attached hydrogens (tertiary/aromatic N) is 1. The fraction of sp³-hybridized carbons (Fsp3) is 0.909. The van der Waals surface area contributed by atoms with Gasteiger partial charge in [0.05, 0.1) is 0 Å². The molecule has 0 rings (SSSR count). The summed E-state index contributed by atoms with van der Waals surface area (Å²) in [6.07, 6.45) is 4.17. The Morgan fingerprint density at radius 2 is 2.00 bits per heavy atom. The van der Waals surface area contributed by atoms with E-state index in [1.54, 1.807) is 0 Å². The van der Waals surface area contributed by atoms with Crippen molar-refractivity contribution >= 4 is 5.91 Å². The van der Waals surface area contributed by atoms with Gasteiger partial charge in [0.1, 0.15) is 0 Å². The van der Waals surface area contributed by atoms with Gasteiger partial charge in [0.25, 0.3) is 0 Å². The third kappa shape index (κ3) is 6.89. The minimum Gasteiger partial charge on any atom is -0.346 e. The molecule has 3 nitrogen and oxygen atoms in total. The molecule has 0 heterocycles. The molecule has 0 radical (unpaired) electrons. The molecule has 0 aliphatic carbocycles. The maximum Gasteiger partial charge on any atom is 0.223 e. The molecule has 0 aromatic carbocycles. The normalized spacial score (nSPS) is 10.2. The van der Waals surface area contributed by atoms with E-state index in [0.29, 0.717) is 6.42 Å². The summed E-state index contributed by atoms with van der Waals surface area (Å²) in [5, 5.41) is 3.15. The van der Waals surface area contributed by atoms with Crippen molar-refractivity contribution in [3.05, 3.63) is 0 Å². The molecule has 0 spiro atoms. The second-order valence-electron chi connectivity index (χ2n) is 3.63. The Bertz CT molecular complexity index is 148. The number of amides is 1. The highest BCUT2D eigenvalue weighted by molar-refractivity contribution is 5.75. The minimum atomic E-state index is 0.252. The summed E-state index contributed by atoms with van der Waals surface area (Å²) in [4.78, 5) is 13.3. The van der Waals surface area contributed by atoms with E-state index < -0.39 is 0 Å². The van der Waals surface area contributed by atoms with Crippen LogP contribution in [0.2, 0.25) is 0 Å². The highest BCUT2D eigenvalue weighted by atomic mass is 16.2. The number of nitrogens with one attached hydrogen (secondary N) is 1. The van der Waals surface area contributed by atoms with Crippen molar-refractivity contribution in [2.45, 2.75) is 39.5 Å². The summed E-state index contributed by atoms with van der Waals surface area (Å²) in [6, 6.07) is 0. The number of hydrogen-bond acceptors (Lipinski definition) is 2. The monoisotopic (exact) mass is 200 g/mol. The molecule has 0 atom stereocenters. The second-order valence-corrected chi connectivity index (χ2v) is 3.63. The Hall–Kier alpha value is -0.570. The summed E-state index contributed by atoms with van der Waals surface area (Å²) in [5.41, 5.74) is 0. The molecule has 0 fully saturated rings. The van der Waals surface area contributed by atoms with Gasteiger partial charge < -0.3 is 10.2 Å². The zero-order valence-corrected chi connectivity index (χ0v) is 9.81. The number of carbonyl (C=O) groups is 1. The highest BCUT2D eigenvalue weighted by Gasteiger charge is 2.06. The number of carbonyl (C=O) groups excluding carboxylic acids is 1. The van der Waals surface area contributed by atoms with Gasteiger partial charge >= 0.3 is 0 Å². The van der Waals surface area contributed by atoms with Crippen LogP contribution in [0, 0.1) is 0 Å². The third-order valence-corrected chi connectivity index (χ3v) is 2.29. The molecule has 0 aliphatic rings. The molecule has 0 unspecified atom stereocenters. The SMILES string of the molecule is CCCCCN(C)C(=O)CCNCC. The van der Waals surface area contributed by atoms with Crippen molar-refractivity contribution in [3.8, 4) is 0 Å². The zero-order chi connectivity index (χ0) is 10.8. The van der Waals surface area contributed by atoms with Crippen LogP contribution in [0.5, 0.6) is 0 Å². The van der Waals surface area contributed by atoms with E-state index in [9.17, 15) is 4.79 Å². The molecular weight excluding hydrogens is 176 g/mol. The lowest BCUT2D eigenvalue weighted by Gasteiger charge is -2.16. The van der Waals surface area contributed by atoms with E-state index in [1.165, 1.54) is 12.8 Å². The van der Waals surface area contributed by atoms with Crippen molar-refractivity contribution in [1.29, 1.82) is 0 Å². The Morgan fingerprint density at radius 3 is 2.57 bits per heavy atom. The topological polar surface area (TPSA) is 32.3 Å². The van der Waals surface area contributed by atoms with Gasteiger partial charge in [0.15, 0.2) is 0 Å². The van der Waals surface area contributed by atoms with Crippen LogP contribution in [0.25, 0.3) is 0 Å². The van der Waals surface area contributed by atoms with Crippen LogP contribution < -0.4 is 5.32 Å². The van der Waals surface area contributed by atoms with E-state index in [-0.39, 0.29) is 5.91 Å². The summed E-state index contributed by atoms with van der Waals surface area (Å²) in [7, 11) is 1.89. The van der Waals surface area contributed by atoms with Crippen LogP contribution in [0.3, 0.4) is 0 Å². The maximum absolute atomic E-state index is 11.5. The Labute approximate surface area is 87.9 Å². The summed E-state index contributed by atoms with van der Waals surface area (Å²) < 4.78 is 0. The molecule has 0 aromatic heterocycles. The number of unbranched alkanes of at least 4 members (excludes halogenated alkanes) is 2. The van der Waals surface area contributed by atoms with Gasteiger partial charge in [0, 0.05) is 26.6 Å². The van der Waals surface area contributed by atoms with Gasteiger partial charge in [-0.3, -0.25) is 4.79 Å². The molecule has 14 heavy (non-hydrogen) atoms. The van der Waals surface area contributed by atoms with Crippen molar-refractivity contribution in [3.63, 3.8) is 0 Å². The minimum absolute atomic E-state index is 0.252. The molecule has 0 saturated carbocycles. The van der Waals surface area contributed by atoms with E-state index in [0.717, 1.165) is 26.1 Å². The van der Waals surface area contributed by atoms with Gasteiger partial charge in [-0.25, -0.2) is 0 Å². The van der Waals surface area contributed by atoms with Crippen molar-refractivity contribution in [2.24, 2.45) is 0 Å².